The van der Waals surface area contributed by atoms with E-state index in [1.807, 2.05) is 6.07 Å². The van der Waals surface area contributed by atoms with Crippen molar-refractivity contribution < 1.29 is 13.9 Å². The summed E-state index contributed by atoms with van der Waals surface area (Å²) in [4.78, 5) is 6.91. The molecule has 2 aromatic rings. The average Bonchev–Trinajstić information content (AvgIpc) is 3.29. The number of morpholine rings is 1. The van der Waals surface area contributed by atoms with Gasteiger partial charge >= 0.3 is 0 Å². The molecule has 2 aliphatic heterocycles. The summed E-state index contributed by atoms with van der Waals surface area (Å²) in [5.41, 5.74) is 0.921. The smallest absolute Gasteiger partial charge is 0.184 e. The predicted octanol–water partition coefficient (Wildman–Crippen LogP) is 1.40. The minimum Gasteiger partial charge on any atom is -0.467 e. The summed E-state index contributed by atoms with van der Waals surface area (Å²) in [7, 11) is 0. The Labute approximate surface area is 128 Å². The molecule has 2 fully saturated rings. The number of ether oxygens (including phenoxy) is 2. The van der Waals surface area contributed by atoms with Crippen LogP contribution in [0, 0.1) is 0 Å². The van der Waals surface area contributed by atoms with Crippen LogP contribution in [0.3, 0.4) is 0 Å². The molecule has 0 aliphatic carbocycles. The maximum atomic E-state index is 5.66. The first-order valence-electron chi connectivity index (χ1n) is 7.76. The third-order valence-electron chi connectivity index (χ3n) is 4.21. The molecule has 0 unspecified atom stereocenters. The van der Waals surface area contributed by atoms with Gasteiger partial charge in [0.05, 0.1) is 31.9 Å². The topological polar surface area (TPSA) is 76.4 Å². The zero-order valence-corrected chi connectivity index (χ0v) is 12.5. The molecule has 0 bridgehead atoms. The molecule has 0 saturated carbocycles. The third kappa shape index (κ3) is 2.92. The molecule has 0 spiro atoms. The molecule has 22 heavy (non-hydrogen) atoms. The number of furan rings is 1. The highest BCUT2D eigenvalue weighted by Gasteiger charge is 2.22. The lowest BCUT2D eigenvalue weighted by molar-refractivity contribution is 0.0313. The van der Waals surface area contributed by atoms with Gasteiger partial charge in [0.2, 0.25) is 0 Å². The number of hydrogen-bond acceptors (Lipinski definition) is 6. The minimum absolute atomic E-state index is 0.334. The molecule has 7 heteroatoms. The Bertz CT molecular complexity index is 612. The molecule has 4 heterocycles. The summed E-state index contributed by atoms with van der Waals surface area (Å²) in [6, 6.07) is 2.02. The van der Waals surface area contributed by atoms with Crippen molar-refractivity contribution in [2.24, 2.45) is 0 Å². The normalized spacial score (nSPS) is 23.2. The Hall–Kier alpha value is -1.70. The molecule has 0 radical (unpaired) electrons. The maximum absolute atomic E-state index is 5.66. The van der Waals surface area contributed by atoms with E-state index in [1.54, 1.807) is 6.26 Å². The van der Waals surface area contributed by atoms with Gasteiger partial charge in [0.25, 0.3) is 0 Å². The monoisotopic (exact) mass is 304 g/mol. The highest BCUT2D eigenvalue weighted by molar-refractivity contribution is 5.53. The largest absolute Gasteiger partial charge is 0.467 e. The van der Waals surface area contributed by atoms with E-state index in [9.17, 15) is 0 Å². The van der Waals surface area contributed by atoms with Crippen LogP contribution in [0.15, 0.2) is 16.7 Å². The zero-order chi connectivity index (χ0) is 14.8. The Morgan fingerprint density at radius 1 is 1.23 bits per heavy atom. The molecule has 118 valence electrons. The van der Waals surface area contributed by atoms with Crippen molar-refractivity contribution >= 4 is 0 Å². The number of rotatable bonds is 4. The standard InChI is InChI=1S/C15H20N4O3/c1-4-21-9-11(1)14-16-15(18-17-14)12-7-13(22-10-12)8-19-2-5-20-6-3-19/h7,10-11H,1-6,8-9H2,(H,16,17,18)/t11-/m0/s1. The van der Waals surface area contributed by atoms with E-state index in [0.29, 0.717) is 11.7 Å². The van der Waals surface area contributed by atoms with E-state index in [4.69, 9.17) is 13.9 Å². The summed E-state index contributed by atoms with van der Waals surface area (Å²) < 4.78 is 16.4. The summed E-state index contributed by atoms with van der Waals surface area (Å²) in [6.07, 6.45) is 2.73. The van der Waals surface area contributed by atoms with E-state index >= 15 is 0 Å². The highest BCUT2D eigenvalue weighted by atomic mass is 16.5. The lowest BCUT2D eigenvalue weighted by Crippen LogP contribution is -2.35. The van der Waals surface area contributed by atoms with Gasteiger partial charge in [0, 0.05) is 25.6 Å². The van der Waals surface area contributed by atoms with E-state index < -0.39 is 0 Å². The van der Waals surface area contributed by atoms with Crippen molar-refractivity contribution in [1.82, 2.24) is 20.1 Å². The first-order chi connectivity index (χ1) is 10.9. The minimum atomic E-state index is 0.334. The average molecular weight is 304 g/mol. The Kier molecular flexibility index (Phi) is 3.92. The molecule has 0 aromatic carbocycles. The summed E-state index contributed by atoms with van der Waals surface area (Å²) >= 11 is 0. The van der Waals surface area contributed by atoms with Gasteiger partial charge in [-0.05, 0) is 12.5 Å². The summed E-state index contributed by atoms with van der Waals surface area (Å²) in [5, 5.41) is 7.33. The van der Waals surface area contributed by atoms with Crippen LogP contribution in [0.4, 0.5) is 0 Å². The number of nitrogens with one attached hydrogen (secondary N) is 1. The Morgan fingerprint density at radius 2 is 2.14 bits per heavy atom. The number of aromatic nitrogens is 3. The van der Waals surface area contributed by atoms with Crippen molar-refractivity contribution in [2.75, 3.05) is 39.5 Å². The van der Waals surface area contributed by atoms with E-state index in [1.165, 1.54) is 0 Å². The van der Waals surface area contributed by atoms with Gasteiger partial charge in [0.1, 0.15) is 17.8 Å². The van der Waals surface area contributed by atoms with Crippen LogP contribution in [-0.2, 0) is 16.0 Å². The van der Waals surface area contributed by atoms with E-state index in [2.05, 4.69) is 20.1 Å². The predicted molar refractivity (Wildman–Crippen MR) is 78.4 cm³/mol. The lowest BCUT2D eigenvalue weighted by atomic mass is 10.1. The van der Waals surface area contributed by atoms with Gasteiger partial charge in [-0.15, -0.1) is 0 Å². The second-order valence-electron chi connectivity index (χ2n) is 5.79. The molecule has 2 saturated heterocycles. The summed E-state index contributed by atoms with van der Waals surface area (Å²) in [6.45, 7) is 5.81. The van der Waals surface area contributed by atoms with E-state index in [-0.39, 0.29) is 0 Å². The quantitative estimate of drug-likeness (QED) is 0.920. The van der Waals surface area contributed by atoms with Crippen LogP contribution in [0.2, 0.25) is 0 Å². The number of H-pyrrole nitrogens is 1. The second-order valence-corrected chi connectivity index (χ2v) is 5.79. The first kappa shape index (κ1) is 13.9. The van der Waals surface area contributed by atoms with Crippen molar-refractivity contribution in [3.05, 3.63) is 23.9 Å². The third-order valence-corrected chi connectivity index (χ3v) is 4.21. The SMILES string of the molecule is c1oc(CN2CCOCC2)cc1-c1n[nH]c([C@H]2CCOC2)n1. The molecular weight excluding hydrogens is 284 g/mol. The van der Waals surface area contributed by atoms with Crippen LogP contribution in [0.1, 0.15) is 23.9 Å². The fourth-order valence-electron chi connectivity index (χ4n) is 2.90. The van der Waals surface area contributed by atoms with E-state index in [0.717, 1.165) is 69.6 Å². The molecule has 2 aliphatic rings. The molecule has 4 rings (SSSR count). The van der Waals surface area contributed by atoms with Crippen LogP contribution < -0.4 is 0 Å². The number of hydrogen-bond donors (Lipinski definition) is 1. The molecule has 7 nitrogen and oxygen atoms in total. The molecule has 1 atom stereocenters. The molecule has 0 amide bonds. The van der Waals surface area contributed by atoms with Gasteiger partial charge in [0.15, 0.2) is 5.82 Å². The first-order valence-corrected chi connectivity index (χ1v) is 7.76. The van der Waals surface area contributed by atoms with Crippen LogP contribution in [0.25, 0.3) is 11.4 Å². The van der Waals surface area contributed by atoms with Crippen LogP contribution in [-0.4, -0.2) is 59.6 Å². The maximum Gasteiger partial charge on any atom is 0.184 e. The fourth-order valence-corrected chi connectivity index (χ4v) is 2.90. The number of nitrogens with zero attached hydrogens (tertiary/aromatic N) is 3. The molecular formula is C15H20N4O3. The van der Waals surface area contributed by atoms with Crippen molar-refractivity contribution in [3.8, 4) is 11.4 Å². The highest BCUT2D eigenvalue weighted by Crippen LogP contribution is 2.25. The van der Waals surface area contributed by atoms with Crippen molar-refractivity contribution in [3.63, 3.8) is 0 Å². The van der Waals surface area contributed by atoms with Gasteiger partial charge in [-0.2, -0.15) is 5.10 Å². The van der Waals surface area contributed by atoms with Crippen molar-refractivity contribution in [1.29, 1.82) is 0 Å². The van der Waals surface area contributed by atoms with Gasteiger partial charge in [-0.1, -0.05) is 0 Å². The van der Waals surface area contributed by atoms with Crippen molar-refractivity contribution in [2.45, 2.75) is 18.9 Å². The Morgan fingerprint density at radius 3 is 2.95 bits per heavy atom. The lowest BCUT2D eigenvalue weighted by Gasteiger charge is -2.25. The zero-order valence-electron chi connectivity index (χ0n) is 12.5. The van der Waals surface area contributed by atoms with Gasteiger partial charge in [-0.3, -0.25) is 10.00 Å². The molecule has 1 N–H and O–H groups in total. The molecule has 2 aromatic heterocycles. The Balaban J connectivity index is 1.44. The van der Waals surface area contributed by atoms with Gasteiger partial charge in [-0.25, -0.2) is 4.98 Å². The summed E-state index contributed by atoms with van der Waals surface area (Å²) in [5.74, 6) is 2.87. The fraction of sp³-hybridized carbons (Fsp3) is 0.600. The van der Waals surface area contributed by atoms with Gasteiger partial charge < -0.3 is 13.9 Å². The van der Waals surface area contributed by atoms with Crippen LogP contribution in [0.5, 0.6) is 0 Å². The van der Waals surface area contributed by atoms with Crippen LogP contribution >= 0.6 is 0 Å². The number of aromatic amines is 1. The second kappa shape index (κ2) is 6.20.